The van der Waals surface area contributed by atoms with Crippen LogP contribution >= 0.6 is 0 Å². The van der Waals surface area contributed by atoms with Gasteiger partial charge in [-0.2, -0.15) is 0 Å². The number of rotatable bonds is 7. The van der Waals surface area contributed by atoms with E-state index >= 15 is 0 Å². The number of hydrazine groups is 1. The summed E-state index contributed by atoms with van der Waals surface area (Å²) in [7, 11) is 3.62. The number of carbonyl (C=O) groups excluding carboxylic acids is 1. The van der Waals surface area contributed by atoms with E-state index in [2.05, 4.69) is 17.6 Å². The van der Waals surface area contributed by atoms with E-state index < -0.39 is 0 Å². The molecular formula is C15H24N2O2. The van der Waals surface area contributed by atoms with E-state index in [-0.39, 0.29) is 12.0 Å². The van der Waals surface area contributed by atoms with Crippen LogP contribution in [0, 0.1) is 0 Å². The maximum absolute atomic E-state index is 11.4. The highest BCUT2D eigenvalue weighted by molar-refractivity contribution is 5.75. The Morgan fingerprint density at radius 3 is 2.42 bits per heavy atom. The van der Waals surface area contributed by atoms with Gasteiger partial charge in [-0.25, -0.2) is 5.01 Å². The van der Waals surface area contributed by atoms with Gasteiger partial charge in [0.05, 0.1) is 6.10 Å². The average molecular weight is 264 g/mol. The molecule has 1 aromatic carbocycles. The number of nitrogens with zero attached hydrogens (tertiary/aromatic N) is 1. The third kappa shape index (κ3) is 6.82. The predicted octanol–water partition coefficient (Wildman–Crippen LogP) is 2.39. The summed E-state index contributed by atoms with van der Waals surface area (Å²) in [6, 6.07) is 8.08. The van der Waals surface area contributed by atoms with Crippen LogP contribution in [-0.4, -0.2) is 31.1 Å². The highest BCUT2D eigenvalue weighted by Crippen LogP contribution is 2.15. The molecule has 106 valence electrons. The highest BCUT2D eigenvalue weighted by atomic mass is 16.5. The molecule has 1 amide bonds. The summed E-state index contributed by atoms with van der Waals surface area (Å²) in [5.41, 5.74) is 3.96. The Kier molecular flexibility index (Phi) is 6.36. The van der Waals surface area contributed by atoms with Gasteiger partial charge in [0, 0.05) is 20.5 Å². The van der Waals surface area contributed by atoms with E-state index in [0.29, 0.717) is 6.42 Å². The summed E-state index contributed by atoms with van der Waals surface area (Å²) in [6.45, 7) is 4.02. The molecule has 0 fully saturated rings. The first-order valence-corrected chi connectivity index (χ1v) is 6.70. The second-order valence-corrected chi connectivity index (χ2v) is 5.09. The second-order valence-electron chi connectivity index (χ2n) is 5.09. The van der Waals surface area contributed by atoms with Gasteiger partial charge >= 0.3 is 0 Å². The van der Waals surface area contributed by atoms with Crippen LogP contribution in [0.1, 0.15) is 32.3 Å². The van der Waals surface area contributed by atoms with Gasteiger partial charge in [-0.1, -0.05) is 12.1 Å². The van der Waals surface area contributed by atoms with Crippen molar-refractivity contribution < 1.29 is 9.53 Å². The van der Waals surface area contributed by atoms with Crippen molar-refractivity contribution in [1.29, 1.82) is 0 Å². The quantitative estimate of drug-likeness (QED) is 0.769. The lowest BCUT2D eigenvalue weighted by Gasteiger charge is -2.12. The Balaban J connectivity index is 2.32. The van der Waals surface area contributed by atoms with Crippen molar-refractivity contribution in [3.63, 3.8) is 0 Å². The Morgan fingerprint density at radius 2 is 1.89 bits per heavy atom. The number of ether oxygens (including phenoxy) is 1. The minimum atomic E-state index is 0.0600. The summed E-state index contributed by atoms with van der Waals surface area (Å²) in [5, 5.41) is 1.67. The Morgan fingerprint density at radius 1 is 1.26 bits per heavy atom. The molecule has 0 bridgehead atoms. The molecule has 0 unspecified atom stereocenters. The lowest BCUT2D eigenvalue weighted by molar-refractivity contribution is -0.124. The first kappa shape index (κ1) is 15.5. The summed E-state index contributed by atoms with van der Waals surface area (Å²) in [5.74, 6) is 0.953. The molecule has 0 saturated carbocycles. The van der Waals surface area contributed by atoms with E-state index in [1.807, 2.05) is 40.1 Å². The van der Waals surface area contributed by atoms with E-state index in [4.69, 9.17) is 4.74 Å². The summed E-state index contributed by atoms with van der Waals surface area (Å²) in [4.78, 5) is 11.4. The van der Waals surface area contributed by atoms with Crippen molar-refractivity contribution in [1.82, 2.24) is 10.4 Å². The normalized spacial score (nSPS) is 10.8. The first-order chi connectivity index (χ1) is 8.97. The molecule has 0 aliphatic rings. The fourth-order valence-corrected chi connectivity index (χ4v) is 1.77. The minimum absolute atomic E-state index is 0.0600. The molecule has 0 radical (unpaired) electrons. The van der Waals surface area contributed by atoms with E-state index in [1.54, 1.807) is 5.01 Å². The zero-order valence-electron chi connectivity index (χ0n) is 12.3. The molecule has 0 saturated heterocycles. The second kappa shape index (κ2) is 7.79. The van der Waals surface area contributed by atoms with Gasteiger partial charge in [0.1, 0.15) is 5.75 Å². The van der Waals surface area contributed by atoms with Crippen molar-refractivity contribution in [2.45, 2.75) is 39.2 Å². The van der Waals surface area contributed by atoms with Gasteiger partial charge in [0.2, 0.25) is 5.91 Å². The van der Waals surface area contributed by atoms with Gasteiger partial charge in [0.15, 0.2) is 0 Å². The molecule has 0 atom stereocenters. The SMILES string of the molecule is CC(C)Oc1ccc(CCCC(=O)NN(C)C)cc1. The molecule has 0 heterocycles. The summed E-state index contributed by atoms with van der Waals surface area (Å²) >= 11 is 0. The van der Waals surface area contributed by atoms with Gasteiger partial charge in [0.25, 0.3) is 0 Å². The first-order valence-electron chi connectivity index (χ1n) is 6.70. The Hall–Kier alpha value is -1.55. The molecule has 0 aliphatic heterocycles. The van der Waals surface area contributed by atoms with E-state index in [0.717, 1.165) is 18.6 Å². The predicted molar refractivity (Wildman–Crippen MR) is 77.0 cm³/mol. The lowest BCUT2D eigenvalue weighted by Crippen LogP contribution is -2.35. The van der Waals surface area contributed by atoms with Crippen LogP contribution in [0.5, 0.6) is 5.75 Å². The van der Waals surface area contributed by atoms with Crippen LogP contribution in [0.25, 0.3) is 0 Å². The minimum Gasteiger partial charge on any atom is -0.491 e. The van der Waals surface area contributed by atoms with Crippen LogP contribution in [0.15, 0.2) is 24.3 Å². The van der Waals surface area contributed by atoms with Crippen molar-refractivity contribution in [2.75, 3.05) is 14.1 Å². The molecule has 19 heavy (non-hydrogen) atoms. The zero-order chi connectivity index (χ0) is 14.3. The van der Waals surface area contributed by atoms with Crippen molar-refractivity contribution in [2.24, 2.45) is 0 Å². The highest BCUT2D eigenvalue weighted by Gasteiger charge is 2.03. The molecule has 0 spiro atoms. The number of hydrogen-bond acceptors (Lipinski definition) is 3. The number of nitrogens with one attached hydrogen (secondary N) is 1. The van der Waals surface area contributed by atoms with Crippen molar-refractivity contribution in [3.8, 4) is 5.75 Å². The third-order valence-corrected chi connectivity index (χ3v) is 2.51. The van der Waals surface area contributed by atoms with Crippen molar-refractivity contribution >= 4 is 5.91 Å². The maximum atomic E-state index is 11.4. The molecule has 1 aromatic rings. The van der Waals surface area contributed by atoms with Crippen LogP contribution in [0.4, 0.5) is 0 Å². The van der Waals surface area contributed by atoms with Crippen LogP contribution < -0.4 is 10.2 Å². The fourth-order valence-electron chi connectivity index (χ4n) is 1.77. The van der Waals surface area contributed by atoms with E-state index in [9.17, 15) is 4.79 Å². The Labute approximate surface area is 115 Å². The van der Waals surface area contributed by atoms with Gasteiger partial charge in [-0.15, -0.1) is 0 Å². The van der Waals surface area contributed by atoms with Crippen LogP contribution in [0.2, 0.25) is 0 Å². The molecule has 4 heteroatoms. The largest absolute Gasteiger partial charge is 0.491 e. The number of carbonyl (C=O) groups is 1. The third-order valence-electron chi connectivity index (χ3n) is 2.51. The Bertz CT molecular complexity index is 386. The van der Waals surface area contributed by atoms with E-state index in [1.165, 1.54) is 5.56 Å². The molecular weight excluding hydrogens is 240 g/mol. The average Bonchev–Trinajstić information content (AvgIpc) is 2.29. The zero-order valence-corrected chi connectivity index (χ0v) is 12.3. The molecule has 1 N–H and O–H groups in total. The molecule has 1 rings (SSSR count). The summed E-state index contributed by atoms with van der Waals surface area (Å²) in [6.07, 6.45) is 2.50. The van der Waals surface area contributed by atoms with Crippen LogP contribution in [0.3, 0.4) is 0 Å². The molecule has 0 aromatic heterocycles. The summed E-state index contributed by atoms with van der Waals surface area (Å²) < 4.78 is 5.59. The van der Waals surface area contributed by atoms with Gasteiger partial charge in [-0.3, -0.25) is 10.2 Å². The topological polar surface area (TPSA) is 41.6 Å². The van der Waals surface area contributed by atoms with Crippen molar-refractivity contribution in [3.05, 3.63) is 29.8 Å². The number of benzene rings is 1. The fraction of sp³-hybridized carbons (Fsp3) is 0.533. The number of hydrogen-bond donors (Lipinski definition) is 1. The van der Waals surface area contributed by atoms with Gasteiger partial charge < -0.3 is 4.74 Å². The van der Waals surface area contributed by atoms with Crippen LogP contribution in [-0.2, 0) is 11.2 Å². The number of aryl methyl sites for hydroxylation is 1. The number of amides is 1. The molecule has 4 nitrogen and oxygen atoms in total. The lowest BCUT2D eigenvalue weighted by atomic mass is 10.1. The standard InChI is InChI=1S/C15H24N2O2/c1-12(2)19-14-10-8-13(9-11-14)6-5-7-15(18)16-17(3)4/h8-12H,5-7H2,1-4H3,(H,16,18). The smallest absolute Gasteiger partial charge is 0.234 e. The molecule has 0 aliphatic carbocycles. The maximum Gasteiger partial charge on any atom is 0.234 e. The van der Waals surface area contributed by atoms with Gasteiger partial charge in [-0.05, 0) is 44.4 Å². The monoisotopic (exact) mass is 264 g/mol.